The number of ether oxygens (including phenoxy) is 3. The quantitative estimate of drug-likeness (QED) is 0.459. The molecule has 1 N–H and O–H groups in total. The standard InChI is InChI=1S/C29H26FNO5/c30-24-10-9-22(18-3-5-19(6-4-18)28(33)20-7-8-20)29-23(24)14-21(36-29)15-31-27(32)12-2-17-1-11-25-26(13-17)35-16-34-25/h1,3-6,9-11,13,20-21H,2,7-8,12,14-16H2,(H,31,32). The lowest BCUT2D eigenvalue weighted by Gasteiger charge is -2.14. The largest absolute Gasteiger partial charge is 0.487 e. The lowest BCUT2D eigenvalue weighted by molar-refractivity contribution is -0.121. The third-order valence-corrected chi connectivity index (χ3v) is 6.95. The van der Waals surface area contributed by atoms with Gasteiger partial charge in [-0.1, -0.05) is 30.3 Å². The van der Waals surface area contributed by atoms with Crippen molar-refractivity contribution in [1.29, 1.82) is 0 Å². The van der Waals surface area contributed by atoms with E-state index < -0.39 is 0 Å². The molecule has 0 spiro atoms. The third kappa shape index (κ3) is 4.53. The van der Waals surface area contributed by atoms with Crippen LogP contribution in [0.15, 0.2) is 54.6 Å². The molecule has 0 aromatic heterocycles. The van der Waals surface area contributed by atoms with Crippen LogP contribution in [0.5, 0.6) is 17.2 Å². The number of amides is 1. The van der Waals surface area contributed by atoms with Gasteiger partial charge < -0.3 is 19.5 Å². The minimum Gasteiger partial charge on any atom is -0.487 e. The zero-order valence-electron chi connectivity index (χ0n) is 19.7. The van der Waals surface area contributed by atoms with Crippen LogP contribution in [0.1, 0.15) is 40.7 Å². The van der Waals surface area contributed by atoms with Gasteiger partial charge in [-0.15, -0.1) is 0 Å². The molecule has 0 radical (unpaired) electrons. The zero-order valence-corrected chi connectivity index (χ0v) is 19.7. The van der Waals surface area contributed by atoms with E-state index in [-0.39, 0.29) is 36.3 Å². The van der Waals surface area contributed by atoms with Crippen LogP contribution in [0.2, 0.25) is 0 Å². The topological polar surface area (TPSA) is 73.9 Å². The fourth-order valence-electron chi connectivity index (χ4n) is 4.77. The molecule has 6 rings (SSSR count). The smallest absolute Gasteiger partial charge is 0.231 e. The van der Waals surface area contributed by atoms with Crippen LogP contribution in [0.4, 0.5) is 4.39 Å². The first-order valence-corrected chi connectivity index (χ1v) is 12.3. The van der Waals surface area contributed by atoms with E-state index in [2.05, 4.69) is 5.32 Å². The molecule has 6 nitrogen and oxygen atoms in total. The zero-order chi connectivity index (χ0) is 24.6. The number of hydrogen-bond donors (Lipinski definition) is 1. The minimum atomic E-state index is -0.346. The summed E-state index contributed by atoms with van der Waals surface area (Å²) in [7, 11) is 0. The molecule has 184 valence electrons. The Morgan fingerprint density at radius 3 is 2.58 bits per heavy atom. The summed E-state index contributed by atoms with van der Waals surface area (Å²) in [6.45, 7) is 0.513. The minimum absolute atomic E-state index is 0.0937. The molecular formula is C29H26FNO5. The van der Waals surface area contributed by atoms with E-state index >= 15 is 0 Å². The predicted molar refractivity (Wildman–Crippen MR) is 131 cm³/mol. The molecule has 3 aromatic carbocycles. The van der Waals surface area contributed by atoms with Gasteiger partial charge in [-0.05, 0) is 54.7 Å². The summed E-state index contributed by atoms with van der Waals surface area (Å²) >= 11 is 0. The van der Waals surface area contributed by atoms with Gasteiger partial charge in [0.25, 0.3) is 0 Å². The maximum Gasteiger partial charge on any atom is 0.231 e. The number of ketones is 1. The SMILES string of the molecule is O=C(CCc1ccc2c(c1)OCO2)NCC1Cc2c(F)ccc(-c3ccc(C(=O)C4CC4)cc3)c2O1. The van der Waals surface area contributed by atoms with E-state index in [1.807, 2.05) is 42.5 Å². The van der Waals surface area contributed by atoms with Crippen molar-refractivity contribution in [2.75, 3.05) is 13.3 Å². The molecule has 0 saturated heterocycles. The number of nitrogens with one attached hydrogen (secondary N) is 1. The van der Waals surface area contributed by atoms with Gasteiger partial charge in [0.2, 0.25) is 12.7 Å². The Bertz CT molecular complexity index is 1330. The summed E-state index contributed by atoms with van der Waals surface area (Å²) in [6.07, 6.45) is 2.88. The van der Waals surface area contributed by atoms with Crippen molar-refractivity contribution in [2.45, 2.75) is 38.2 Å². The number of benzene rings is 3. The number of carbonyl (C=O) groups is 2. The van der Waals surface area contributed by atoms with Crippen LogP contribution < -0.4 is 19.5 Å². The Morgan fingerprint density at radius 2 is 1.78 bits per heavy atom. The maximum absolute atomic E-state index is 14.6. The van der Waals surface area contributed by atoms with Crippen molar-refractivity contribution in [2.24, 2.45) is 5.92 Å². The lowest BCUT2D eigenvalue weighted by Crippen LogP contribution is -2.34. The van der Waals surface area contributed by atoms with Crippen LogP contribution in [0, 0.1) is 11.7 Å². The van der Waals surface area contributed by atoms with Crippen molar-refractivity contribution >= 4 is 11.7 Å². The summed E-state index contributed by atoms with van der Waals surface area (Å²) < 4.78 is 31.4. The first-order chi connectivity index (χ1) is 17.5. The average molecular weight is 488 g/mol. The van der Waals surface area contributed by atoms with Gasteiger partial charge in [-0.25, -0.2) is 4.39 Å². The number of rotatable bonds is 8. The highest BCUT2D eigenvalue weighted by Gasteiger charge is 2.31. The summed E-state index contributed by atoms with van der Waals surface area (Å²) in [4.78, 5) is 24.8. The molecule has 0 bridgehead atoms. The summed E-state index contributed by atoms with van der Waals surface area (Å²) in [6, 6.07) is 16.3. The van der Waals surface area contributed by atoms with E-state index in [1.54, 1.807) is 6.07 Å². The molecule has 3 aromatic rings. The number of hydrogen-bond acceptors (Lipinski definition) is 5. The Morgan fingerprint density at radius 1 is 0.972 bits per heavy atom. The van der Waals surface area contributed by atoms with Gasteiger partial charge in [0, 0.05) is 35.4 Å². The number of fused-ring (bicyclic) bond motifs is 2. The molecule has 1 aliphatic carbocycles. The summed E-state index contributed by atoms with van der Waals surface area (Å²) in [5.74, 6) is 1.88. The lowest BCUT2D eigenvalue weighted by atomic mass is 9.98. The normalized spacial score (nSPS) is 17.4. The van der Waals surface area contributed by atoms with Crippen molar-refractivity contribution in [3.8, 4) is 28.4 Å². The van der Waals surface area contributed by atoms with Crippen LogP contribution in [0.25, 0.3) is 11.1 Å². The van der Waals surface area contributed by atoms with Gasteiger partial charge in [-0.3, -0.25) is 9.59 Å². The molecule has 3 aliphatic rings. The molecule has 2 heterocycles. The molecule has 7 heteroatoms. The molecule has 1 fully saturated rings. The van der Waals surface area contributed by atoms with E-state index in [0.717, 1.165) is 35.3 Å². The Kier molecular flexibility index (Phi) is 5.83. The van der Waals surface area contributed by atoms with Crippen LogP contribution in [0.3, 0.4) is 0 Å². The number of aryl methyl sites for hydroxylation is 1. The van der Waals surface area contributed by atoms with Gasteiger partial charge in [0.15, 0.2) is 17.3 Å². The highest BCUT2D eigenvalue weighted by molar-refractivity contribution is 5.99. The second-order valence-corrected chi connectivity index (χ2v) is 9.55. The van der Waals surface area contributed by atoms with Gasteiger partial charge in [-0.2, -0.15) is 0 Å². The number of halogens is 1. The van der Waals surface area contributed by atoms with E-state index in [1.165, 1.54) is 6.07 Å². The molecular weight excluding hydrogens is 461 g/mol. The highest BCUT2D eigenvalue weighted by Crippen LogP contribution is 2.41. The average Bonchev–Trinajstić information content (AvgIpc) is 3.48. The monoisotopic (exact) mass is 487 g/mol. The molecule has 1 unspecified atom stereocenters. The van der Waals surface area contributed by atoms with Crippen LogP contribution >= 0.6 is 0 Å². The highest BCUT2D eigenvalue weighted by atomic mass is 19.1. The molecule has 36 heavy (non-hydrogen) atoms. The molecule has 2 aliphatic heterocycles. The van der Waals surface area contributed by atoms with Gasteiger partial charge in [0.05, 0.1) is 6.54 Å². The van der Waals surface area contributed by atoms with E-state index in [9.17, 15) is 14.0 Å². The summed E-state index contributed by atoms with van der Waals surface area (Å²) in [5, 5.41) is 2.92. The van der Waals surface area contributed by atoms with Gasteiger partial charge >= 0.3 is 0 Å². The van der Waals surface area contributed by atoms with Crippen LogP contribution in [-0.4, -0.2) is 31.1 Å². The van der Waals surface area contributed by atoms with Crippen molar-refractivity contribution in [1.82, 2.24) is 5.32 Å². The van der Waals surface area contributed by atoms with Crippen molar-refractivity contribution < 1.29 is 28.2 Å². The third-order valence-electron chi connectivity index (χ3n) is 6.95. The van der Waals surface area contributed by atoms with E-state index in [4.69, 9.17) is 14.2 Å². The molecule has 1 amide bonds. The van der Waals surface area contributed by atoms with Gasteiger partial charge in [0.1, 0.15) is 17.7 Å². The number of carbonyl (C=O) groups excluding carboxylic acids is 2. The van der Waals surface area contributed by atoms with E-state index in [0.29, 0.717) is 48.4 Å². The Balaban J connectivity index is 1.07. The Labute approximate surface area is 208 Å². The fourth-order valence-corrected chi connectivity index (χ4v) is 4.77. The second-order valence-electron chi connectivity index (χ2n) is 9.55. The molecule has 1 saturated carbocycles. The first kappa shape index (κ1) is 22.6. The predicted octanol–water partition coefficient (Wildman–Crippen LogP) is 4.87. The van der Waals surface area contributed by atoms with Crippen LogP contribution in [-0.2, 0) is 17.6 Å². The number of Topliss-reactive ketones (excluding diaryl/α,β-unsaturated/α-hetero) is 1. The second kappa shape index (κ2) is 9.30. The molecule has 1 atom stereocenters. The van der Waals surface area contributed by atoms with Crippen molar-refractivity contribution in [3.05, 3.63) is 77.1 Å². The maximum atomic E-state index is 14.6. The summed E-state index contributed by atoms with van der Waals surface area (Å²) in [5.41, 5.74) is 3.88. The Hall–Kier alpha value is -3.87. The fraction of sp³-hybridized carbons (Fsp3) is 0.310. The first-order valence-electron chi connectivity index (χ1n) is 12.3. The van der Waals surface area contributed by atoms with Crippen molar-refractivity contribution in [3.63, 3.8) is 0 Å².